The minimum atomic E-state index is -1.16. The summed E-state index contributed by atoms with van der Waals surface area (Å²) in [5.41, 5.74) is 0.457. The number of aromatic carboxylic acids is 1. The molecule has 144 valence electrons. The Morgan fingerprint density at radius 2 is 2.07 bits per heavy atom. The molecule has 0 radical (unpaired) electrons. The van der Waals surface area contributed by atoms with E-state index in [1.807, 2.05) is 6.92 Å². The Hall–Kier alpha value is -3.04. The van der Waals surface area contributed by atoms with Crippen molar-refractivity contribution in [1.29, 1.82) is 0 Å². The van der Waals surface area contributed by atoms with Gasteiger partial charge in [0.25, 0.3) is 0 Å². The lowest BCUT2D eigenvalue weighted by molar-refractivity contribution is -0.131. The zero-order valence-electron chi connectivity index (χ0n) is 14.5. The first-order valence-electron chi connectivity index (χ1n) is 8.04. The first-order valence-corrected chi connectivity index (χ1v) is 9.24. The fourth-order valence-electron chi connectivity index (χ4n) is 2.27. The van der Waals surface area contributed by atoms with E-state index in [1.54, 1.807) is 12.1 Å². The molecule has 3 rings (SSSR count). The lowest BCUT2D eigenvalue weighted by Crippen LogP contribution is -1.97. The highest BCUT2D eigenvalue weighted by atomic mass is 35.5. The molecule has 28 heavy (non-hydrogen) atoms. The number of hydrogen-bond acceptors (Lipinski definition) is 6. The number of hydrogen-bond donors (Lipinski definition) is 3. The smallest absolute Gasteiger partial charge is 0.342 e. The van der Waals surface area contributed by atoms with Crippen LogP contribution in [0.5, 0.6) is 0 Å². The van der Waals surface area contributed by atoms with Gasteiger partial charge in [-0.2, -0.15) is 0 Å². The number of aryl methyl sites for hydroxylation is 1. The van der Waals surface area contributed by atoms with Gasteiger partial charge < -0.3 is 14.6 Å². The van der Waals surface area contributed by atoms with Gasteiger partial charge in [-0.05, 0) is 42.1 Å². The number of carboxylic acid groups (broad SMARTS) is 2. The van der Waals surface area contributed by atoms with Gasteiger partial charge in [-0.15, -0.1) is 5.10 Å². The van der Waals surface area contributed by atoms with Crippen molar-refractivity contribution >= 4 is 41.4 Å². The van der Waals surface area contributed by atoms with E-state index < -0.39 is 11.9 Å². The zero-order chi connectivity index (χ0) is 20.3. The summed E-state index contributed by atoms with van der Waals surface area (Å²) in [6.07, 6.45) is 1.99. The van der Waals surface area contributed by atoms with Gasteiger partial charge >= 0.3 is 11.9 Å². The number of nitrogens with one attached hydrogen (secondary N) is 1. The molecule has 0 aliphatic rings. The maximum Gasteiger partial charge on any atom is 0.342 e. The minimum Gasteiger partial charge on any atom is -0.478 e. The summed E-state index contributed by atoms with van der Waals surface area (Å²) >= 11 is 7.02. The van der Waals surface area contributed by atoms with Crippen molar-refractivity contribution in [2.75, 3.05) is 0 Å². The maximum atomic E-state index is 11.6. The normalized spacial score (nSPS) is 11.6. The van der Waals surface area contributed by atoms with Crippen LogP contribution in [0.25, 0.3) is 17.4 Å². The fourth-order valence-corrected chi connectivity index (χ4v) is 3.18. The lowest BCUT2D eigenvalue weighted by Gasteiger charge is -2.02. The molecule has 3 aromatic rings. The number of aliphatic carboxylic acids is 1. The number of nitrogens with zero attached hydrogens (tertiary/aromatic N) is 2. The quantitative estimate of drug-likeness (QED) is 0.384. The second-order valence-electron chi connectivity index (χ2n) is 5.54. The van der Waals surface area contributed by atoms with Gasteiger partial charge in [0.2, 0.25) is 5.16 Å². The summed E-state index contributed by atoms with van der Waals surface area (Å²) in [6.45, 7) is 1.90. The van der Waals surface area contributed by atoms with E-state index in [-0.39, 0.29) is 21.4 Å². The van der Waals surface area contributed by atoms with Gasteiger partial charge in [-0.1, -0.05) is 18.5 Å². The molecule has 8 nitrogen and oxygen atoms in total. The van der Waals surface area contributed by atoms with Crippen molar-refractivity contribution in [3.63, 3.8) is 0 Å². The van der Waals surface area contributed by atoms with Crippen molar-refractivity contribution in [1.82, 2.24) is 15.2 Å². The van der Waals surface area contributed by atoms with Crippen LogP contribution in [0.15, 0.2) is 44.8 Å². The molecular weight excluding hydrogens is 406 g/mol. The number of carboxylic acids is 2. The SMILES string of the molecule is CCc1nc(S/C(=C\c2ccc(-c3cc(C(=O)O)ccc3Cl)o2)C(=O)O)n[nH]1. The summed E-state index contributed by atoms with van der Waals surface area (Å²) < 4.78 is 5.65. The zero-order valence-corrected chi connectivity index (χ0v) is 16.0. The van der Waals surface area contributed by atoms with Crippen LogP contribution in [0.3, 0.4) is 0 Å². The molecule has 2 heterocycles. The summed E-state index contributed by atoms with van der Waals surface area (Å²) in [4.78, 5) is 26.8. The second-order valence-corrected chi connectivity index (χ2v) is 6.95. The second kappa shape index (κ2) is 8.32. The summed E-state index contributed by atoms with van der Waals surface area (Å²) in [7, 11) is 0. The Morgan fingerprint density at radius 1 is 1.29 bits per heavy atom. The van der Waals surface area contributed by atoms with Gasteiger partial charge in [-0.25, -0.2) is 14.6 Å². The molecule has 0 saturated carbocycles. The maximum absolute atomic E-state index is 11.6. The van der Waals surface area contributed by atoms with Gasteiger partial charge in [0.05, 0.1) is 10.6 Å². The van der Waals surface area contributed by atoms with Gasteiger partial charge in [0.1, 0.15) is 22.3 Å². The molecule has 1 aromatic carbocycles. The number of furan rings is 1. The number of rotatable bonds is 7. The van der Waals surface area contributed by atoms with Crippen molar-refractivity contribution in [2.24, 2.45) is 0 Å². The standard InChI is InChI=1S/C18H14ClN3O5S/c1-2-15-20-18(22-21-15)28-14(17(25)26)8-10-4-6-13(27-10)11-7-9(16(23)24)3-5-12(11)19/h3-8H,2H2,1H3,(H,23,24)(H,25,26)(H,20,21,22)/b14-8-. The third-order valence-corrected chi connectivity index (χ3v) is 4.84. The predicted molar refractivity (Wildman–Crippen MR) is 103 cm³/mol. The Kier molecular flexibility index (Phi) is 5.86. The summed E-state index contributed by atoms with van der Waals surface area (Å²) in [6, 6.07) is 7.40. The van der Waals surface area contributed by atoms with Crippen molar-refractivity contribution in [3.05, 3.63) is 57.4 Å². The molecule has 0 bridgehead atoms. The molecule has 2 aromatic heterocycles. The fraction of sp³-hybridized carbons (Fsp3) is 0.111. The van der Waals surface area contributed by atoms with Gasteiger partial charge in [0.15, 0.2) is 0 Å². The van der Waals surface area contributed by atoms with E-state index in [2.05, 4.69) is 15.2 Å². The predicted octanol–water partition coefficient (Wildman–Crippen LogP) is 4.20. The van der Waals surface area contributed by atoms with Crippen LogP contribution in [-0.2, 0) is 11.2 Å². The molecule has 0 spiro atoms. The molecule has 0 saturated heterocycles. The average molecular weight is 420 g/mol. The number of aromatic amines is 1. The van der Waals surface area contributed by atoms with Crippen LogP contribution in [0.2, 0.25) is 5.02 Å². The first kappa shape index (κ1) is 19.7. The Morgan fingerprint density at radius 3 is 2.71 bits per heavy atom. The lowest BCUT2D eigenvalue weighted by atomic mass is 10.1. The van der Waals surface area contributed by atoms with Crippen LogP contribution < -0.4 is 0 Å². The van der Waals surface area contributed by atoms with E-state index >= 15 is 0 Å². The minimum absolute atomic E-state index is 0.0343. The van der Waals surface area contributed by atoms with E-state index in [4.69, 9.17) is 21.1 Å². The van der Waals surface area contributed by atoms with Crippen LogP contribution in [0.4, 0.5) is 0 Å². The number of thioether (sulfide) groups is 1. The number of aromatic nitrogens is 3. The van der Waals surface area contributed by atoms with E-state index in [0.717, 1.165) is 11.8 Å². The Labute approximate surface area is 168 Å². The highest BCUT2D eigenvalue weighted by Crippen LogP contribution is 2.32. The molecule has 0 atom stereocenters. The molecule has 10 heteroatoms. The molecule has 0 amide bonds. The summed E-state index contributed by atoms with van der Waals surface area (Å²) in [5, 5.41) is 25.9. The molecular formula is C18H14ClN3O5S. The van der Waals surface area contributed by atoms with Crippen molar-refractivity contribution in [2.45, 2.75) is 18.5 Å². The number of carbonyl (C=O) groups is 2. The van der Waals surface area contributed by atoms with Crippen LogP contribution in [-0.4, -0.2) is 37.3 Å². The third-order valence-electron chi connectivity index (χ3n) is 3.64. The molecule has 0 aliphatic heterocycles. The number of H-pyrrole nitrogens is 1. The largest absolute Gasteiger partial charge is 0.478 e. The monoisotopic (exact) mass is 419 g/mol. The number of halogens is 1. The van der Waals surface area contributed by atoms with Crippen LogP contribution >= 0.6 is 23.4 Å². The van der Waals surface area contributed by atoms with Gasteiger partial charge in [0, 0.05) is 18.1 Å². The Balaban J connectivity index is 1.90. The van der Waals surface area contributed by atoms with E-state index in [9.17, 15) is 14.7 Å². The van der Waals surface area contributed by atoms with Crippen LogP contribution in [0, 0.1) is 0 Å². The van der Waals surface area contributed by atoms with Gasteiger partial charge in [-0.3, -0.25) is 5.10 Å². The number of benzene rings is 1. The Bertz CT molecular complexity index is 1070. The van der Waals surface area contributed by atoms with Crippen molar-refractivity contribution in [3.8, 4) is 11.3 Å². The summed E-state index contributed by atoms with van der Waals surface area (Å²) in [5.74, 6) is -1.01. The molecule has 3 N–H and O–H groups in total. The molecule has 0 aliphatic carbocycles. The molecule has 0 fully saturated rings. The highest BCUT2D eigenvalue weighted by Gasteiger charge is 2.16. The van der Waals surface area contributed by atoms with E-state index in [0.29, 0.717) is 28.6 Å². The first-order chi connectivity index (χ1) is 13.4. The average Bonchev–Trinajstić information content (AvgIpc) is 3.30. The third kappa shape index (κ3) is 4.44. The van der Waals surface area contributed by atoms with E-state index in [1.165, 1.54) is 24.3 Å². The molecule has 0 unspecified atom stereocenters. The van der Waals surface area contributed by atoms with Crippen LogP contribution in [0.1, 0.15) is 28.9 Å². The van der Waals surface area contributed by atoms with Crippen molar-refractivity contribution < 1.29 is 24.2 Å². The highest BCUT2D eigenvalue weighted by molar-refractivity contribution is 8.04. The topological polar surface area (TPSA) is 129 Å².